The Labute approximate surface area is 133 Å². The molecule has 0 aromatic carbocycles. The van der Waals surface area contributed by atoms with Crippen LogP contribution in [0.1, 0.15) is 51.4 Å². The van der Waals surface area contributed by atoms with Gasteiger partial charge in [-0.1, -0.05) is 6.42 Å². The Morgan fingerprint density at radius 2 is 1.95 bits per heavy atom. The third-order valence-electron chi connectivity index (χ3n) is 5.79. The van der Waals surface area contributed by atoms with Crippen molar-refractivity contribution >= 4 is 6.03 Å². The third kappa shape index (κ3) is 3.74. The summed E-state index contributed by atoms with van der Waals surface area (Å²) in [5, 5.41) is 12.3. The predicted octanol–water partition coefficient (Wildman–Crippen LogP) is 2.14. The normalized spacial score (nSPS) is 33.3. The lowest BCUT2D eigenvalue weighted by atomic mass is 9.90. The summed E-state index contributed by atoms with van der Waals surface area (Å²) in [6.45, 7) is 2.85. The summed E-state index contributed by atoms with van der Waals surface area (Å²) < 4.78 is 5.79. The minimum atomic E-state index is 0.0978. The van der Waals surface area contributed by atoms with Crippen LogP contribution in [0.25, 0.3) is 0 Å². The highest BCUT2D eigenvalue weighted by Gasteiger charge is 2.33. The minimum Gasteiger partial charge on any atom is -0.396 e. The van der Waals surface area contributed by atoms with Crippen LogP contribution in [0.3, 0.4) is 0 Å². The fourth-order valence-corrected chi connectivity index (χ4v) is 4.44. The number of piperidine rings is 1. The molecule has 22 heavy (non-hydrogen) atoms. The van der Waals surface area contributed by atoms with Crippen molar-refractivity contribution in [3.8, 4) is 0 Å². The van der Waals surface area contributed by atoms with Crippen LogP contribution >= 0.6 is 0 Å². The van der Waals surface area contributed by atoms with E-state index in [1.807, 2.05) is 4.90 Å². The zero-order valence-corrected chi connectivity index (χ0v) is 13.5. The summed E-state index contributed by atoms with van der Waals surface area (Å²) >= 11 is 0. The summed E-state index contributed by atoms with van der Waals surface area (Å²) in [4.78, 5) is 14.4. The van der Waals surface area contributed by atoms with E-state index in [9.17, 15) is 4.79 Å². The van der Waals surface area contributed by atoms with Crippen LogP contribution in [0, 0.1) is 11.8 Å². The van der Waals surface area contributed by atoms with E-state index in [1.54, 1.807) is 0 Å². The Kier molecular flexibility index (Phi) is 5.58. The van der Waals surface area contributed by atoms with Gasteiger partial charge in [0.2, 0.25) is 0 Å². The second-order valence-corrected chi connectivity index (χ2v) is 7.14. The molecule has 5 heteroatoms. The standard InChI is InChI=1S/C17H30N2O3/c20-11-8-13-3-1-4-15(13)18-17(21)19-9-6-14(7-10-19)16-5-2-12-22-16/h13-16,20H,1-12H2,(H,18,21)/t13-,15-,16-/m1/s1. The molecule has 2 N–H and O–H groups in total. The number of amides is 2. The van der Waals surface area contributed by atoms with Crippen LogP contribution in [0.15, 0.2) is 0 Å². The quantitative estimate of drug-likeness (QED) is 0.836. The number of aliphatic hydroxyl groups excluding tert-OH is 1. The first kappa shape index (κ1) is 16.1. The van der Waals surface area contributed by atoms with Crippen molar-refractivity contribution in [1.29, 1.82) is 0 Å². The highest BCUT2D eigenvalue weighted by atomic mass is 16.5. The molecule has 1 saturated carbocycles. The number of carbonyl (C=O) groups is 1. The second-order valence-electron chi connectivity index (χ2n) is 7.14. The molecule has 5 nitrogen and oxygen atoms in total. The third-order valence-corrected chi connectivity index (χ3v) is 5.79. The van der Waals surface area contributed by atoms with Gasteiger partial charge in [-0.25, -0.2) is 4.79 Å². The molecule has 3 fully saturated rings. The van der Waals surface area contributed by atoms with Crippen molar-refractivity contribution in [2.45, 2.75) is 63.5 Å². The summed E-state index contributed by atoms with van der Waals surface area (Å²) in [5.41, 5.74) is 0. The van der Waals surface area contributed by atoms with Gasteiger partial charge in [0.1, 0.15) is 0 Å². The maximum Gasteiger partial charge on any atom is 0.317 e. The van der Waals surface area contributed by atoms with Gasteiger partial charge in [0.05, 0.1) is 6.10 Å². The molecule has 1 aliphatic carbocycles. The second kappa shape index (κ2) is 7.64. The number of ether oxygens (including phenoxy) is 1. The highest BCUT2D eigenvalue weighted by molar-refractivity contribution is 5.74. The maximum absolute atomic E-state index is 12.5. The molecular formula is C17H30N2O3. The van der Waals surface area contributed by atoms with E-state index < -0.39 is 0 Å². The summed E-state index contributed by atoms with van der Waals surface area (Å²) in [6.07, 6.45) is 9.14. The lowest BCUT2D eigenvalue weighted by Crippen LogP contribution is -2.49. The van der Waals surface area contributed by atoms with Gasteiger partial charge >= 0.3 is 6.03 Å². The van der Waals surface area contributed by atoms with Crippen molar-refractivity contribution in [1.82, 2.24) is 10.2 Å². The molecule has 2 amide bonds. The number of nitrogens with zero attached hydrogens (tertiary/aromatic N) is 1. The lowest BCUT2D eigenvalue weighted by Gasteiger charge is -2.35. The number of hydrogen-bond donors (Lipinski definition) is 2. The average Bonchev–Trinajstić information content (AvgIpc) is 3.20. The maximum atomic E-state index is 12.5. The monoisotopic (exact) mass is 310 g/mol. The van der Waals surface area contributed by atoms with Gasteiger partial charge in [0, 0.05) is 32.3 Å². The molecular weight excluding hydrogens is 280 g/mol. The van der Waals surface area contributed by atoms with E-state index in [1.165, 1.54) is 12.8 Å². The molecule has 2 aliphatic heterocycles. The minimum absolute atomic E-state index is 0.0978. The first-order valence-corrected chi connectivity index (χ1v) is 9.06. The van der Waals surface area contributed by atoms with Crippen molar-refractivity contribution in [2.75, 3.05) is 26.3 Å². The smallest absolute Gasteiger partial charge is 0.317 e. The topological polar surface area (TPSA) is 61.8 Å². The zero-order valence-electron chi connectivity index (χ0n) is 13.5. The van der Waals surface area contributed by atoms with Gasteiger partial charge in [-0.2, -0.15) is 0 Å². The number of urea groups is 1. The van der Waals surface area contributed by atoms with E-state index in [0.29, 0.717) is 17.9 Å². The van der Waals surface area contributed by atoms with Gasteiger partial charge in [0.25, 0.3) is 0 Å². The molecule has 3 rings (SSSR count). The predicted molar refractivity (Wildman–Crippen MR) is 84.6 cm³/mol. The molecule has 3 atom stereocenters. The summed E-state index contributed by atoms with van der Waals surface area (Å²) in [5.74, 6) is 1.10. The van der Waals surface area contributed by atoms with Crippen molar-refractivity contribution < 1.29 is 14.6 Å². The van der Waals surface area contributed by atoms with Crippen LogP contribution in [-0.4, -0.2) is 54.5 Å². The number of hydrogen-bond acceptors (Lipinski definition) is 3. The first-order valence-electron chi connectivity index (χ1n) is 9.06. The zero-order chi connectivity index (χ0) is 15.4. The van der Waals surface area contributed by atoms with Crippen molar-refractivity contribution in [2.24, 2.45) is 11.8 Å². The molecule has 0 radical (unpaired) electrons. The Balaban J connectivity index is 1.43. The highest BCUT2D eigenvalue weighted by Crippen LogP contribution is 2.30. The average molecular weight is 310 g/mol. The largest absolute Gasteiger partial charge is 0.396 e. The number of nitrogens with one attached hydrogen (secondary N) is 1. The Hall–Kier alpha value is -0.810. The number of carbonyl (C=O) groups excluding carboxylic acids is 1. The molecule has 3 aliphatic rings. The van der Waals surface area contributed by atoms with Gasteiger partial charge in [-0.3, -0.25) is 0 Å². The molecule has 2 saturated heterocycles. The van der Waals surface area contributed by atoms with Crippen LogP contribution < -0.4 is 5.32 Å². The van der Waals surface area contributed by atoms with Crippen LogP contribution in [-0.2, 0) is 4.74 Å². The van der Waals surface area contributed by atoms with E-state index >= 15 is 0 Å². The van der Waals surface area contributed by atoms with E-state index in [4.69, 9.17) is 9.84 Å². The summed E-state index contributed by atoms with van der Waals surface area (Å²) in [7, 11) is 0. The van der Waals surface area contributed by atoms with Gasteiger partial charge in [-0.05, 0) is 56.8 Å². The van der Waals surface area contributed by atoms with Crippen molar-refractivity contribution in [3.63, 3.8) is 0 Å². The fourth-order valence-electron chi connectivity index (χ4n) is 4.44. The van der Waals surface area contributed by atoms with Crippen molar-refractivity contribution in [3.05, 3.63) is 0 Å². The molecule has 0 aromatic rings. The number of aliphatic hydroxyl groups is 1. The molecule has 0 unspecified atom stereocenters. The number of likely N-dealkylation sites (tertiary alicyclic amines) is 1. The Bertz CT molecular complexity index is 363. The Morgan fingerprint density at radius 3 is 2.64 bits per heavy atom. The fraction of sp³-hybridized carbons (Fsp3) is 0.941. The van der Waals surface area contributed by atoms with Gasteiger partial charge < -0.3 is 20.1 Å². The first-order chi connectivity index (χ1) is 10.8. The molecule has 2 heterocycles. The van der Waals surface area contributed by atoms with E-state index in [2.05, 4.69) is 5.32 Å². The van der Waals surface area contributed by atoms with Gasteiger partial charge in [0.15, 0.2) is 0 Å². The Morgan fingerprint density at radius 1 is 1.14 bits per heavy atom. The lowest BCUT2D eigenvalue weighted by molar-refractivity contribution is 0.0369. The molecule has 0 spiro atoms. The number of rotatable bonds is 4. The SMILES string of the molecule is O=C(N[C@@H]1CCC[C@@H]1CCO)N1CCC([C@H]2CCCO2)CC1. The van der Waals surface area contributed by atoms with Crippen LogP contribution in [0.4, 0.5) is 4.79 Å². The molecule has 0 aromatic heterocycles. The summed E-state index contributed by atoms with van der Waals surface area (Å²) in [6, 6.07) is 0.358. The molecule has 0 bridgehead atoms. The van der Waals surface area contributed by atoms with Crippen LogP contribution in [0.2, 0.25) is 0 Å². The molecule has 126 valence electrons. The van der Waals surface area contributed by atoms with Crippen LogP contribution in [0.5, 0.6) is 0 Å². The van der Waals surface area contributed by atoms with E-state index in [0.717, 1.165) is 58.2 Å². The van der Waals surface area contributed by atoms with E-state index in [-0.39, 0.29) is 18.7 Å². The van der Waals surface area contributed by atoms with Gasteiger partial charge in [-0.15, -0.1) is 0 Å².